The van der Waals surface area contributed by atoms with Gasteiger partial charge in [-0.3, -0.25) is 4.79 Å². The molecule has 1 heterocycles. The Morgan fingerprint density at radius 2 is 1.87 bits per heavy atom. The van der Waals surface area contributed by atoms with Gasteiger partial charge in [0.05, 0.1) is 18.2 Å². The maximum Gasteiger partial charge on any atom is 0.323 e. The number of nitrogens with zero attached hydrogens (tertiary/aromatic N) is 1. The van der Waals surface area contributed by atoms with Crippen molar-refractivity contribution >= 4 is 29.0 Å². The van der Waals surface area contributed by atoms with E-state index in [-0.39, 0.29) is 18.5 Å². The third kappa shape index (κ3) is 4.84. The predicted octanol–water partition coefficient (Wildman–Crippen LogP) is 4.75. The average Bonchev–Trinajstić information content (AvgIpc) is 2.78. The standard InChI is InChI=1S/C23H29N3O4/c1-15(2)13-26-19-10-9-17(12-20(19)30-14-23(3,4)21(26)27)25-22(28)24-16-7-6-8-18(11-16)29-5/h6-12,15H,13-14H2,1-5H3,(H2,24,25,28). The molecule has 0 spiro atoms. The monoisotopic (exact) mass is 411 g/mol. The quantitative estimate of drug-likeness (QED) is 0.744. The SMILES string of the molecule is COc1cccc(NC(=O)Nc2ccc3c(c2)OCC(C)(C)C(=O)N3CC(C)C)c1. The van der Waals surface area contributed by atoms with Crippen LogP contribution in [0.1, 0.15) is 27.7 Å². The first-order valence-electron chi connectivity index (χ1n) is 10.0. The molecule has 0 aromatic heterocycles. The van der Waals surface area contributed by atoms with E-state index in [1.54, 1.807) is 48.4 Å². The van der Waals surface area contributed by atoms with Gasteiger partial charge in [-0.05, 0) is 44.0 Å². The van der Waals surface area contributed by atoms with Gasteiger partial charge in [-0.25, -0.2) is 4.79 Å². The fourth-order valence-corrected chi connectivity index (χ4v) is 3.27. The Kier molecular flexibility index (Phi) is 6.20. The highest BCUT2D eigenvalue weighted by atomic mass is 16.5. The van der Waals surface area contributed by atoms with Gasteiger partial charge in [-0.1, -0.05) is 19.9 Å². The number of hydrogen-bond acceptors (Lipinski definition) is 4. The summed E-state index contributed by atoms with van der Waals surface area (Å²) < 4.78 is 11.1. The van der Waals surface area contributed by atoms with Crippen molar-refractivity contribution in [1.82, 2.24) is 0 Å². The molecule has 0 atom stereocenters. The van der Waals surface area contributed by atoms with Gasteiger partial charge in [0, 0.05) is 30.1 Å². The first-order valence-corrected chi connectivity index (χ1v) is 10.0. The molecule has 0 bridgehead atoms. The molecular weight excluding hydrogens is 382 g/mol. The van der Waals surface area contributed by atoms with Crippen LogP contribution in [-0.2, 0) is 4.79 Å². The Hall–Kier alpha value is -3.22. The first kappa shape index (κ1) is 21.5. The maximum atomic E-state index is 13.0. The summed E-state index contributed by atoms with van der Waals surface area (Å²) in [5, 5.41) is 5.59. The number of urea groups is 1. The van der Waals surface area contributed by atoms with Gasteiger partial charge < -0.3 is 25.0 Å². The molecular formula is C23H29N3O4. The lowest BCUT2D eigenvalue weighted by atomic mass is 9.92. The van der Waals surface area contributed by atoms with E-state index in [0.29, 0.717) is 35.3 Å². The topological polar surface area (TPSA) is 79.9 Å². The van der Waals surface area contributed by atoms with Gasteiger partial charge in [0.2, 0.25) is 5.91 Å². The highest BCUT2D eigenvalue weighted by Gasteiger charge is 2.38. The number of carbonyl (C=O) groups excluding carboxylic acids is 2. The molecule has 0 saturated heterocycles. The number of carbonyl (C=O) groups is 2. The third-order valence-electron chi connectivity index (χ3n) is 4.80. The molecule has 2 aromatic rings. The number of nitrogens with one attached hydrogen (secondary N) is 2. The van der Waals surface area contributed by atoms with Gasteiger partial charge >= 0.3 is 6.03 Å². The molecule has 30 heavy (non-hydrogen) atoms. The Labute approximate surface area is 177 Å². The largest absolute Gasteiger partial charge is 0.497 e. The zero-order valence-corrected chi connectivity index (χ0v) is 18.1. The van der Waals surface area contributed by atoms with Crippen molar-refractivity contribution in [3.8, 4) is 11.5 Å². The molecule has 7 heteroatoms. The van der Waals surface area contributed by atoms with Gasteiger partial charge in [-0.2, -0.15) is 0 Å². The summed E-state index contributed by atoms with van der Waals surface area (Å²) in [5.41, 5.74) is 1.28. The number of hydrogen-bond donors (Lipinski definition) is 2. The summed E-state index contributed by atoms with van der Waals surface area (Å²) >= 11 is 0. The molecule has 3 amide bonds. The van der Waals surface area contributed by atoms with Crippen LogP contribution < -0.4 is 25.0 Å². The zero-order chi connectivity index (χ0) is 21.9. The normalized spacial score (nSPS) is 15.1. The van der Waals surface area contributed by atoms with Crippen molar-refractivity contribution < 1.29 is 19.1 Å². The van der Waals surface area contributed by atoms with E-state index in [9.17, 15) is 9.59 Å². The molecule has 0 radical (unpaired) electrons. The Balaban J connectivity index is 1.80. The fraction of sp³-hybridized carbons (Fsp3) is 0.391. The minimum absolute atomic E-state index is 0.0337. The highest BCUT2D eigenvalue weighted by molar-refractivity contribution is 6.02. The number of benzene rings is 2. The van der Waals surface area contributed by atoms with Crippen LogP contribution in [-0.4, -0.2) is 32.2 Å². The van der Waals surface area contributed by atoms with Gasteiger partial charge in [0.25, 0.3) is 0 Å². The highest BCUT2D eigenvalue weighted by Crippen LogP contribution is 2.38. The second kappa shape index (κ2) is 8.65. The second-order valence-corrected chi connectivity index (χ2v) is 8.48. The number of rotatable bonds is 5. The Bertz CT molecular complexity index is 940. The number of anilines is 3. The molecule has 0 aliphatic carbocycles. The van der Waals surface area contributed by atoms with Crippen molar-refractivity contribution in [2.75, 3.05) is 35.8 Å². The van der Waals surface area contributed by atoms with Crippen LogP contribution in [0.25, 0.3) is 0 Å². The predicted molar refractivity (Wildman–Crippen MR) is 119 cm³/mol. The smallest absolute Gasteiger partial charge is 0.323 e. The van der Waals surface area contributed by atoms with Crippen LogP contribution in [0.3, 0.4) is 0 Å². The number of fused-ring (bicyclic) bond motifs is 1. The minimum atomic E-state index is -0.634. The summed E-state index contributed by atoms with van der Waals surface area (Å²) in [5.74, 6) is 1.58. The molecule has 0 saturated carbocycles. The molecule has 1 aliphatic heterocycles. The molecule has 7 nitrogen and oxygen atoms in total. The summed E-state index contributed by atoms with van der Waals surface area (Å²) in [6.07, 6.45) is 0. The summed E-state index contributed by atoms with van der Waals surface area (Å²) in [4.78, 5) is 27.2. The van der Waals surface area contributed by atoms with Crippen LogP contribution >= 0.6 is 0 Å². The Morgan fingerprint density at radius 3 is 2.53 bits per heavy atom. The first-order chi connectivity index (χ1) is 14.2. The van der Waals surface area contributed by atoms with E-state index >= 15 is 0 Å². The van der Waals surface area contributed by atoms with Crippen LogP contribution in [0.5, 0.6) is 11.5 Å². The zero-order valence-electron chi connectivity index (χ0n) is 18.1. The Morgan fingerprint density at radius 1 is 1.17 bits per heavy atom. The molecule has 0 fully saturated rings. The van der Waals surface area contributed by atoms with Crippen molar-refractivity contribution in [3.05, 3.63) is 42.5 Å². The number of amides is 3. The van der Waals surface area contributed by atoms with E-state index < -0.39 is 5.41 Å². The number of methoxy groups -OCH3 is 1. The van der Waals surface area contributed by atoms with E-state index in [0.717, 1.165) is 5.69 Å². The van der Waals surface area contributed by atoms with Crippen LogP contribution in [0.15, 0.2) is 42.5 Å². The van der Waals surface area contributed by atoms with Gasteiger partial charge in [0.1, 0.15) is 18.1 Å². The number of ether oxygens (including phenoxy) is 2. The minimum Gasteiger partial charge on any atom is -0.497 e. The van der Waals surface area contributed by atoms with Crippen molar-refractivity contribution in [1.29, 1.82) is 0 Å². The van der Waals surface area contributed by atoms with Crippen molar-refractivity contribution in [2.45, 2.75) is 27.7 Å². The molecule has 3 rings (SSSR count). The van der Waals surface area contributed by atoms with Gasteiger partial charge in [0.15, 0.2) is 0 Å². The van der Waals surface area contributed by atoms with Crippen LogP contribution in [0.2, 0.25) is 0 Å². The third-order valence-corrected chi connectivity index (χ3v) is 4.80. The average molecular weight is 412 g/mol. The van der Waals surface area contributed by atoms with Crippen molar-refractivity contribution in [3.63, 3.8) is 0 Å². The fourth-order valence-electron chi connectivity index (χ4n) is 3.27. The molecule has 2 aromatic carbocycles. The van der Waals surface area contributed by atoms with Crippen LogP contribution in [0.4, 0.5) is 21.9 Å². The van der Waals surface area contributed by atoms with Crippen molar-refractivity contribution in [2.24, 2.45) is 11.3 Å². The van der Waals surface area contributed by atoms with E-state index in [1.807, 2.05) is 19.9 Å². The van der Waals surface area contributed by atoms with E-state index in [4.69, 9.17) is 9.47 Å². The molecule has 1 aliphatic rings. The van der Waals surface area contributed by atoms with E-state index in [1.165, 1.54) is 0 Å². The molecule has 2 N–H and O–H groups in total. The lowest BCUT2D eigenvalue weighted by Crippen LogP contribution is -2.43. The van der Waals surface area contributed by atoms with Crippen LogP contribution in [0, 0.1) is 11.3 Å². The second-order valence-electron chi connectivity index (χ2n) is 8.48. The summed E-state index contributed by atoms with van der Waals surface area (Å²) in [7, 11) is 1.57. The molecule has 0 unspecified atom stereocenters. The summed E-state index contributed by atoms with van der Waals surface area (Å²) in [6.45, 7) is 8.79. The summed E-state index contributed by atoms with van der Waals surface area (Å²) in [6, 6.07) is 12.1. The molecule has 160 valence electrons. The maximum absolute atomic E-state index is 13.0. The lowest BCUT2D eigenvalue weighted by Gasteiger charge is -2.29. The van der Waals surface area contributed by atoms with Gasteiger partial charge in [-0.15, -0.1) is 0 Å². The van der Waals surface area contributed by atoms with E-state index in [2.05, 4.69) is 24.5 Å². The lowest BCUT2D eigenvalue weighted by molar-refractivity contribution is -0.127.